The van der Waals surface area contributed by atoms with E-state index in [-0.39, 0.29) is 18.5 Å². The van der Waals surface area contributed by atoms with Crippen molar-refractivity contribution in [1.29, 1.82) is 0 Å². The lowest BCUT2D eigenvalue weighted by molar-refractivity contribution is 0.00981. The minimum Gasteiger partial charge on any atom is -0.382 e. The molecule has 0 aromatic heterocycles. The first-order valence-electron chi connectivity index (χ1n) is 5.72. The monoisotopic (exact) mass is 267 g/mol. The van der Waals surface area contributed by atoms with E-state index in [1.54, 1.807) is 7.11 Å². The Morgan fingerprint density at radius 3 is 2.76 bits per heavy atom. The molecular formula is C10H21NO5S. The zero-order valence-electron chi connectivity index (χ0n) is 10.4. The molecule has 0 aromatic carbocycles. The van der Waals surface area contributed by atoms with Crippen molar-refractivity contribution in [1.82, 2.24) is 4.31 Å². The summed E-state index contributed by atoms with van der Waals surface area (Å²) in [6.07, 6.45) is -0.0343. The molecule has 102 valence electrons. The Morgan fingerprint density at radius 1 is 1.35 bits per heavy atom. The van der Waals surface area contributed by atoms with Crippen LogP contribution in [0.25, 0.3) is 0 Å². The average Bonchev–Trinajstić information content (AvgIpc) is 2.29. The summed E-state index contributed by atoms with van der Waals surface area (Å²) in [5.41, 5.74) is 0. The standard InChI is InChI=1S/C10H21NO5S/c1-10-9-11(3-4-16-10)17(12,13)8-7-15-6-5-14-2/h10H,3-9H2,1-2H3. The molecule has 0 aliphatic carbocycles. The van der Waals surface area contributed by atoms with Crippen LogP contribution in [0.5, 0.6) is 0 Å². The third-order valence-electron chi connectivity index (χ3n) is 2.51. The van der Waals surface area contributed by atoms with E-state index in [2.05, 4.69) is 0 Å². The molecule has 0 aromatic rings. The van der Waals surface area contributed by atoms with Gasteiger partial charge in [-0.15, -0.1) is 0 Å². The predicted octanol–water partition coefficient (Wildman–Crippen LogP) is -0.300. The first kappa shape index (κ1) is 14.8. The molecule has 0 spiro atoms. The van der Waals surface area contributed by atoms with E-state index in [1.165, 1.54) is 4.31 Å². The summed E-state index contributed by atoms with van der Waals surface area (Å²) in [7, 11) is -1.64. The van der Waals surface area contributed by atoms with Crippen molar-refractivity contribution in [3.05, 3.63) is 0 Å². The number of methoxy groups -OCH3 is 1. The lowest BCUT2D eigenvalue weighted by Gasteiger charge is -2.30. The van der Waals surface area contributed by atoms with Gasteiger partial charge in [0.15, 0.2) is 0 Å². The van der Waals surface area contributed by atoms with Gasteiger partial charge in [-0.3, -0.25) is 0 Å². The molecule has 0 bridgehead atoms. The van der Waals surface area contributed by atoms with Crippen molar-refractivity contribution in [3.8, 4) is 0 Å². The van der Waals surface area contributed by atoms with Crippen molar-refractivity contribution in [2.24, 2.45) is 0 Å². The van der Waals surface area contributed by atoms with Crippen LogP contribution in [0.2, 0.25) is 0 Å². The minimum atomic E-state index is -3.22. The number of hydrogen-bond acceptors (Lipinski definition) is 5. The number of sulfonamides is 1. The smallest absolute Gasteiger partial charge is 0.216 e. The van der Waals surface area contributed by atoms with E-state index in [0.29, 0.717) is 32.9 Å². The van der Waals surface area contributed by atoms with Crippen LogP contribution in [0, 0.1) is 0 Å². The van der Waals surface area contributed by atoms with Gasteiger partial charge in [-0.2, -0.15) is 4.31 Å². The van der Waals surface area contributed by atoms with E-state index >= 15 is 0 Å². The van der Waals surface area contributed by atoms with Crippen LogP contribution in [0.1, 0.15) is 6.92 Å². The van der Waals surface area contributed by atoms with Crippen molar-refractivity contribution in [3.63, 3.8) is 0 Å². The molecule has 1 rings (SSSR count). The van der Waals surface area contributed by atoms with E-state index in [1.807, 2.05) is 6.92 Å². The molecule has 1 fully saturated rings. The maximum Gasteiger partial charge on any atom is 0.216 e. The van der Waals surface area contributed by atoms with Gasteiger partial charge in [0, 0.05) is 20.2 Å². The highest BCUT2D eigenvalue weighted by molar-refractivity contribution is 7.89. The fourth-order valence-corrected chi connectivity index (χ4v) is 2.95. The zero-order valence-corrected chi connectivity index (χ0v) is 11.2. The number of hydrogen-bond donors (Lipinski definition) is 0. The maximum atomic E-state index is 11.9. The number of nitrogens with zero attached hydrogens (tertiary/aromatic N) is 1. The Hall–Kier alpha value is -0.210. The van der Waals surface area contributed by atoms with Gasteiger partial charge in [0.25, 0.3) is 0 Å². The first-order valence-corrected chi connectivity index (χ1v) is 7.33. The third kappa shape index (κ3) is 5.31. The number of ether oxygens (including phenoxy) is 3. The van der Waals surface area contributed by atoms with E-state index in [9.17, 15) is 8.42 Å². The van der Waals surface area contributed by atoms with Gasteiger partial charge < -0.3 is 14.2 Å². The molecule has 1 saturated heterocycles. The fraction of sp³-hybridized carbons (Fsp3) is 1.00. The minimum absolute atomic E-state index is 0.0173. The van der Waals surface area contributed by atoms with Crippen LogP contribution in [-0.2, 0) is 24.2 Å². The van der Waals surface area contributed by atoms with Crippen LogP contribution in [0.4, 0.5) is 0 Å². The molecule has 0 saturated carbocycles. The summed E-state index contributed by atoms with van der Waals surface area (Å²) in [6, 6.07) is 0. The number of rotatable bonds is 7. The van der Waals surface area contributed by atoms with E-state index in [4.69, 9.17) is 14.2 Å². The van der Waals surface area contributed by atoms with Crippen LogP contribution in [-0.4, -0.2) is 71.2 Å². The Balaban J connectivity index is 2.29. The highest BCUT2D eigenvalue weighted by atomic mass is 32.2. The molecular weight excluding hydrogens is 246 g/mol. The third-order valence-corrected chi connectivity index (χ3v) is 4.32. The Labute approximate surface area is 103 Å². The summed E-state index contributed by atoms with van der Waals surface area (Å²) >= 11 is 0. The molecule has 1 aliphatic heterocycles. The molecule has 1 heterocycles. The van der Waals surface area contributed by atoms with Gasteiger partial charge in [-0.1, -0.05) is 0 Å². The fourth-order valence-electron chi connectivity index (χ4n) is 1.58. The SMILES string of the molecule is COCCOCCS(=O)(=O)N1CCOC(C)C1. The van der Waals surface area contributed by atoms with Gasteiger partial charge in [0.05, 0.1) is 38.3 Å². The Bertz CT molecular complexity index is 306. The van der Waals surface area contributed by atoms with Gasteiger partial charge in [-0.05, 0) is 6.92 Å². The molecule has 0 radical (unpaired) electrons. The molecule has 7 heteroatoms. The maximum absolute atomic E-state index is 11.9. The predicted molar refractivity (Wildman–Crippen MR) is 63.5 cm³/mol. The topological polar surface area (TPSA) is 65.1 Å². The molecule has 1 aliphatic rings. The van der Waals surface area contributed by atoms with Gasteiger partial charge >= 0.3 is 0 Å². The van der Waals surface area contributed by atoms with Gasteiger partial charge in [0.2, 0.25) is 10.0 Å². The first-order chi connectivity index (χ1) is 8.06. The normalized spacial score (nSPS) is 22.8. The van der Waals surface area contributed by atoms with Crippen LogP contribution < -0.4 is 0 Å². The summed E-state index contributed by atoms with van der Waals surface area (Å²) in [6.45, 7) is 4.31. The molecule has 6 nitrogen and oxygen atoms in total. The average molecular weight is 267 g/mol. The summed E-state index contributed by atoms with van der Waals surface area (Å²) in [5.74, 6) is 0.0173. The molecule has 17 heavy (non-hydrogen) atoms. The van der Waals surface area contributed by atoms with E-state index < -0.39 is 10.0 Å². The summed E-state index contributed by atoms with van der Waals surface area (Å²) in [4.78, 5) is 0. The number of morpholine rings is 1. The van der Waals surface area contributed by atoms with Crippen LogP contribution in [0.15, 0.2) is 0 Å². The second kappa shape index (κ2) is 7.27. The molecule has 0 amide bonds. The highest BCUT2D eigenvalue weighted by Crippen LogP contribution is 2.09. The molecule has 1 atom stereocenters. The summed E-state index contributed by atoms with van der Waals surface area (Å²) < 4.78 is 40.6. The van der Waals surface area contributed by atoms with Crippen molar-refractivity contribution in [2.45, 2.75) is 13.0 Å². The second-order valence-electron chi connectivity index (χ2n) is 3.96. The molecule has 1 unspecified atom stereocenters. The van der Waals surface area contributed by atoms with Crippen molar-refractivity contribution in [2.75, 3.05) is 52.4 Å². The quantitative estimate of drug-likeness (QED) is 0.593. The van der Waals surface area contributed by atoms with Crippen LogP contribution in [0.3, 0.4) is 0 Å². The highest BCUT2D eigenvalue weighted by Gasteiger charge is 2.27. The second-order valence-corrected chi connectivity index (χ2v) is 6.05. The lowest BCUT2D eigenvalue weighted by Crippen LogP contribution is -2.45. The van der Waals surface area contributed by atoms with Crippen molar-refractivity contribution < 1.29 is 22.6 Å². The Morgan fingerprint density at radius 2 is 2.12 bits per heavy atom. The van der Waals surface area contributed by atoms with E-state index in [0.717, 1.165) is 0 Å². The van der Waals surface area contributed by atoms with Gasteiger partial charge in [-0.25, -0.2) is 8.42 Å². The lowest BCUT2D eigenvalue weighted by atomic mass is 10.3. The zero-order chi connectivity index (χ0) is 12.7. The molecule has 0 N–H and O–H groups in total. The van der Waals surface area contributed by atoms with Crippen molar-refractivity contribution >= 4 is 10.0 Å². The Kier molecular flexibility index (Phi) is 6.35. The summed E-state index contributed by atoms with van der Waals surface area (Å²) in [5, 5.41) is 0. The largest absolute Gasteiger partial charge is 0.382 e. The van der Waals surface area contributed by atoms with Gasteiger partial charge in [0.1, 0.15) is 0 Å². The van der Waals surface area contributed by atoms with Crippen LogP contribution >= 0.6 is 0 Å².